The molecule has 1 amide bonds. The van der Waals surface area contributed by atoms with E-state index in [4.69, 9.17) is 10.3 Å². The average Bonchev–Trinajstić information content (AvgIpc) is 2.89. The molecule has 9 nitrogen and oxygen atoms in total. The Morgan fingerprint density at radius 3 is 2.78 bits per heavy atom. The molecule has 0 saturated carbocycles. The molecule has 10 heteroatoms. The quantitative estimate of drug-likeness (QED) is 0.796. The molecule has 0 aromatic carbocycles. The zero-order chi connectivity index (χ0) is 17.0. The second-order valence-electron chi connectivity index (χ2n) is 5.08. The lowest BCUT2D eigenvalue weighted by Crippen LogP contribution is -2.22. The van der Waals surface area contributed by atoms with E-state index in [1.807, 2.05) is 14.1 Å². The average molecular weight is 337 g/mol. The number of hydrogen-bond donors (Lipinski definition) is 2. The molecule has 0 aliphatic rings. The van der Waals surface area contributed by atoms with E-state index >= 15 is 0 Å². The summed E-state index contributed by atoms with van der Waals surface area (Å²) in [6.07, 6.45) is 0. The van der Waals surface area contributed by atoms with Gasteiger partial charge in [-0.2, -0.15) is 15.0 Å². The number of thioether (sulfide) groups is 1. The first-order valence-corrected chi connectivity index (χ1v) is 7.93. The molecule has 2 aromatic heterocycles. The van der Waals surface area contributed by atoms with Crippen molar-refractivity contribution in [2.45, 2.75) is 24.9 Å². The first-order chi connectivity index (χ1) is 10.8. The van der Waals surface area contributed by atoms with Gasteiger partial charge in [-0.05, 0) is 13.8 Å². The minimum absolute atomic E-state index is 0.161. The summed E-state index contributed by atoms with van der Waals surface area (Å²) < 4.78 is 4.96. The van der Waals surface area contributed by atoms with Crippen LogP contribution in [0.3, 0.4) is 0 Å². The number of aromatic nitrogens is 4. The summed E-state index contributed by atoms with van der Waals surface area (Å²) >= 11 is 1.39. The van der Waals surface area contributed by atoms with Crippen molar-refractivity contribution in [3.63, 3.8) is 0 Å². The van der Waals surface area contributed by atoms with Crippen molar-refractivity contribution in [1.29, 1.82) is 0 Å². The number of carbonyl (C=O) groups excluding carboxylic acids is 1. The minimum atomic E-state index is -0.318. The highest BCUT2D eigenvalue weighted by Crippen LogP contribution is 2.19. The Bertz CT molecular complexity index is 689. The van der Waals surface area contributed by atoms with Crippen LogP contribution in [0.5, 0.6) is 0 Å². The van der Waals surface area contributed by atoms with Crippen LogP contribution in [0, 0.1) is 6.92 Å². The summed E-state index contributed by atoms with van der Waals surface area (Å²) in [6.45, 7) is 3.57. The lowest BCUT2D eigenvalue weighted by atomic mass is 10.4. The van der Waals surface area contributed by atoms with Crippen LogP contribution in [0.25, 0.3) is 0 Å². The number of nitrogens with zero attached hydrogens (tertiary/aromatic N) is 5. The van der Waals surface area contributed by atoms with E-state index in [1.54, 1.807) is 24.8 Å². The van der Waals surface area contributed by atoms with Gasteiger partial charge in [-0.3, -0.25) is 10.1 Å². The predicted molar refractivity (Wildman–Crippen MR) is 89.2 cm³/mol. The van der Waals surface area contributed by atoms with E-state index in [-0.39, 0.29) is 17.1 Å². The Balaban J connectivity index is 1.93. The molecule has 0 spiro atoms. The number of nitrogen functional groups attached to an aromatic ring is 1. The second kappa shape index (κ2) is 7.27. The van der Waals surface area contributed by atoms with Crippen LogP contribution < -0.4 is 16.0 Å². The van der Waals surface area contributed by atoms with Gasteiger partial charge in [0.15, 0.2) is 0 Å². The van der Waals surface area contributed by atoms with E-state index in [1.165, 1.54) is 11.8 Å². The fourth-order valence-corrected chi connectivity index (χ4v) is 2.35. The number of hydrogen-bond acceptors (Lipinski definition) is 9. The van der Waals surface area contributed by atoms with Gasteiger partial charge in [0.25, 0.3) is 0 Å². The van der Waals surface area contributed by atoms with Crippen LogP contribution in [0.2, 0.25) is 0 Å². The fraction of sp³-hybridized carbons (Fsp3) is 0.462. The second-order valence-corrected chi connectivity index (χ2v) is 6.41. The van der Waals surface area contributed by atoms with Crippen molar-refractivity contribution >= 4 is 35.4 Å². The molecule has 0 aliphatic carbocycles. The zero-order valence-corrected chi connectivity index (χ0v) is 14.2. The van der Waals surface area contributed by atoms with Gasteiger partial charge in [0.1, 0.15) is 5.82 Å². The molecule has 0 saturated heterocycles. The van der Waals surface area contributed by atoms with E-state index in [2.05, 4.69) is 25.4 Å². The number of aryl methyl sites for hydroxylation is 1. The van der Waals surface area contributed by atoms with Crippen LogP contribution >= 0.6 is 11.8 Å². The fourth-order valence-electron chi connectivity index (χ4n) is 1.61. The van der Waals surface area contributed by atoms with Crippen molar-refractivity contribution in [1.82, 2.24) is 20.1 Å². The number of amides is 1. The molecule has 2 rings (SSSR count). The van der Waals surface area contributed by atoms with Crippen molar-refractivity contribution < 1.29 is 9.32 Å². The number of rotatable bonds is 6. The highest BCUT2D eigenvalue weighted by atomic mass is 32.2. The van der Waals surface area contributed by atoms with Gasteiger partial charge in [-0.25, -0.2) is 0 Å². The molecule has 0 aliphatic heterocycles. The summed E-state index contributed by atoms with van der Waals surface area (Å²) in [6, 6.07) is 1.66. The molecule has 1 atom stereocenters. The molecule has 0 unspecified atom stereocenters. The number of nitrogens with one attached hydrogen (secondary N) is 1. The lowest BCUT2D eigenvalue weighted by molar-refractivity contribution is -0.115. The summed E-state index contributed by atoms with van der Waals surface area (Å²) in [5, 5.41) is 6.06. The molecule has 0 bridgehead atoms. The maximum absolute atomic E-state index is 12.1. The number of carbonyl (C=O) groups is 1. The van der Waals surface area contributed by atoms with Crippen molar-refractivity contribution in [2.75, 3.05) is 30.0 Å². The van der Waals surface area contributed by atoms with Crippen molar-refractivity contribution in [3.8, 4) is 0 Å². The van der Waals surface area contributed by atoms with Gasteiger partial charge in [0, 0.05) is 20.2 Å². The Hall–Kier alpha value is -2.36. The van der Waals surface area contributed by atoms with E-state index in [0.717, 1.165) is 0 Å². The summed E-state index contributed by atoms with van der Waals surface area (Å²) in [5.74, 6) is 1.77. The third-order valence-electron chi connectivity index (χ3n) is 2.79. The monoisotopic (exact) mass is 337 g/mol. The first kappa shape index (κ1) is 17.0. The molecular formula is C13H19N7O2S. The molecule has 124 valence electrons. The van der Waals surface area contributed by atoms with Crippen LogP contribution in [-0.2, 0) is 10.5 Å². The highest BCUT2D eigenvalue weighted by Gasteiger charge is 2.17. The van der Waals surface area contributed by atoms with Crippen LogP contribution in [0.4, 0.5) is 17.8 Å². The largest absolute Gasteiger partial charge is 0.368 e. The third kappa shape index (κ3) is 4.81. The summed E-state index contributed by atoms with van der Waals surface area (Å²) in [7, 11) is 3.64. The van der Waals surface area contributed by atoms with E-state index in [0.29, 0.717) is 29.1 Å². The van der Waals surface area contributed by atoms with Crippen LogP contribution in [-0.4, -0.2) is 45.4 Å². The molecule has 2 aromatic rings. The molecule has 2 heterocycles. The van der Waals surface area contributed by atoms with E-state index in [9.17, 15) is 4.79 Å². The van der Waals surface area contributed by atoms with Gasteiger partial charge in [-0.1, -0.05) is 5.16 Å². The SMILES string of the molecule is Cc1cc(NC(=O)[C@H](C)SCc2nc(N)nc(N(C)C)n2)on1. The minimum Gasteiger partial charge on any atom is -0.368 e. The number of nitrogens with two attached hydrogens (primary N) is 1. The third-order valence-corrected chi connectivity index (χ3v) is 3.93. The summed E-state index contributed by atoms with van der Waals surface area (Å²) in [5.41, 5.74) is 6.38. The molecular weight excluding hydrogens is 318 g/mol. The van der Waals surface area contributed by atoms with Crippen LogP contribution in [0.15, 0.2) is 10.6 Å². The predicted octanol–water partition coefficient (Wildman–Crippen LogP) is 1.08. The Morgan fingerprint density at radius 2 is 2.17 bits per heavy atom. The number of anilines is 3. The Labute approximate surface area is 138 Å². The highest BCUT2D eigenvalue weighted by molar-refractivity contribution is 7.99. The summed E-state index contributed by atoms with van der Waals surface area (Å²) in [4.78, 5) is 26.2. The Kier molecular flexibility index (Phi) is 5.37. The van der Waals surface area contributed by atoms with Gasteiger partial charge < -0.3 is 15.2 Å². The topological polar surface area (TPSA) is 123 Å². The Morgan fingerprint density at radius 1 is 1.43 bits per heavy atom. The maximum Gasteiger partial charge on any atom is 0.239 e. The maximum atomic E-state index is 12.1. The molecule has 0 radical (unpaired) electrons. The molecule has 3 N–H and O–H groups in total. The molecule has 23 heavy (non-hydrogen) atoms. The van der Waals surface area contributed by atoms with Crippen molar-refractivity contribution in [2.24, 2.45) is 0 Å². The van der Waals surface area contributed by atoms with Gasteiger partial charge in [-0.15, -0.1) is 11.8 Å². The van der Waals surface area contributed by atoms with Gasteiger partial charge in [0.05, 0.1) is 16.7 Å². The van der Waals surface area contributed by atoms with Gasteiger partial charge >= 0.3 is 0 Å². The molecule has 0 fully saturated rings. The van der Waals surface area contributed by atoms with Crippen molar-refractivity contribution in [3.05, 3.63) is 17.6 Å². The first-order valence-electron chi connectivity index (χ1n) is 6.88. The standard InChI is InChI=1S/C13H19N7O2S/c1-7-5-10(22-19-7)17-11(21)8(2)23-6-9-15-12(14)18-13(16-9)20(3)4/h5,8H,6H2,1-4H3,(H,17,21)(H2,14,15,16,18)/t8-/m0/s1. The zero-order valence-electron chi connectivity index (χ0n) is 13.4. The normalized spacial score (nSPS) is 12.0. The van der Waals surface area contributed by atoms with Gasteiger partial charge in [0.2, 0.25) is 23.7 Å². The van der Waals surface area contributed by atoms with E-state index < -0.39 is 0 Å². The van der Waals surface area contributed by atoms with Crippen LogP contribution in [0.1, 0.15) is 18.4 Å². The smallest absolute Gasteiger partial charge is 0.239 e. The lowest BCUT2D eigenvalue weighted by Gasteiger charge is -2.12.